The van der Waals surface area contributed by atoms with Crippen molar-refractivity contribution in [1.82, 2.24) is 0 Å². The summed E-state index contributed by atoms with van der Waals surface area (Å²) in [4.78, 5) is 0. The number of ether oxygens (including phenoxy) is 2. The van der Waals surface area contributed by atoms with Gasteiger partial charge in [-0.2, -0.15) is 0 Å². The number of benzene rings is 1. The van der Waals surface area contributed by atoms with Crippen LogP contribution in [0.1, 0.15) is 38.9 Å². The van der Waals surface area contributed by atoms with Crippen LogP contribution in [0.15, 0.2) is 24.3 Å². The molecule has 0 aromatic heterocycles. The minimum atomic E-state index is -0.197. The third-order valence-corrected chi connectivity index (χ3v) is 6.56. The van der Waals surface area contributed by atoms with Crippen molar-refractivity contribution in [2.45, 2.75) is 38.9 Å². The van der Waals surface area contributed by atoms with Gasteiger partial charge < -0.3 is 14.6 Å². The molecule has 0 radical (unpaired) electrons. The molecule has 0 spiro atoms. The van der Waals surface area contributed by atoms with Gasteiger partial charge in [0.25, 0.3) is 0 Å². The van der Waals surface area contributed by atoms with Crippen molar-refractivity contribution in [3.8, 4) is 5.75 Å². The van der Waals surface area contributed by atoms with Crippen LogP contribution in [0.2, 0.25) is 0 Å². The van der Waals surface area contributed by atoms with Crippen LogP contribution < -0.4 is 4.74 Å². The fraction of sp³-hybridized carbons (Fsp3) is 0.667. The van der Waals surface area contributed by atoms with Crippen LogP contribution in [0.25, 0.3) is 0 Å². The summed E-state index contributed by atoms with van der Waals surface area (Å²) >= 11 is 0. The molecular formula is C18H24O3. The number of fused-ring (bicyclic) bond motifs is 3. The van der Waals surface area contributed by atoms with Gasteiger partial charge in [-0.15, -0.1) is 0 Å². The summed E-state index contributed by atoms with van der Waals surface area (Å²) < 4.78 is 12.7. The number of hydrogen-bond acceptors (Lipinski definition) is 3. The quantitative estimate of drug-likeness (QED) is 0.862. The summed E-state index contributed by atoms with van der Waals surface area (Å²) in [5, 5.41) is 10.1. The van der Waals surface area contributed by atoms with Crippen LogP contribution in [-0.2, 0) is 4.74 Å². The topological polar surface area (TPSA) is 38.7 Å². The van der Waals surface area contributed by atoms with Crippen LogP contribution in [0.3, 0.4) is 0 Å². The molecule has 1 aromatic carbocycles. The lowest BCUT2D eigenvalue weighted by Gasteiger charge is -2.63. The van der Waals surface area contributed by atoms with Gasteiger partial charge in [-0.05, 0) is 31.2 Å². The van der Waals surface area contributed by atoms with Crippen LogP contribution in [0.4, 0.5) is 0 Å². The zero-order valence-corrected chi connectivity index (χ0v) is 13.0. The Hall–Kier alpha value is -1.06. The van der Waals surface area contributed by atoms with Crippen LogP contribution >= 0.6 is 0 Å². The molecular weight excluding hydrogens is 264 g/mol. The van der Waals surface area contributed by atoms with Crippen molar-refractivity contribution in [3.63, 3.8) is 0 Å². The average molecular weight is 288 g/mol. The normalized spacial score (nSPS) is 47.4. The Labute approximate surface area is 126 Å². The van der Waals surface area contributed by atoms with E-state index >= 15 is 0 Å². The molecule has 2 fully saturated rings. The lowest BCUT2D eigenvalue weighted by atomic mass is 9.50. The second kappa shape index (κ2) is 4.23. The molecule has 6 atom stereocenters. The third-order valence-electron chi connectivity index (χ3n) is 6.56. The Morgan fingerprint density at radius 1 is 1.29 bits per heavy atom. The van der Waals surface area contributed by atoms with Crippen molar-refractivity contribution < 1.29 is 14.6 Å². The number of hydrogen-bond donors (Lipinski definition) is 1. The Bertz CT molecular complexity index is 571. The first kappa shape index (κ1) is 13.6. The predicted molar refractivity (Wildman–Crippen MR) is 80.1 cm³/mol. The first-order valence-corrected chi connectivity index (χ1v) is 8.02. The molecule has 3 nitrogen and oxygen atoms in total. The van der Waals surface area contributed by atoms with E-state index in [0.29, 0.717) is 24.4 Å². The molecule has 2 aliphatic heterocycles. The fourth-order valence-corrected chi connectivity index (χ4v) is 5.29. The SMILES string of the molecule is C[C@@H]1C[C@]2(C)Oc3ccccc3[C@@H]3OC[C@@]1(CO)[C@@H](C)[C@@H]32. The molecule has 1 aliphatic carbocycles. The molecule has 4 rings (SSSR count). The van der Waals surface area contributed by atoms with E-state index in [-0.39, 0.29) is 23.7 Å². The van der Waals surface area contributed by atoms with E-state index in [4.69, 9.17) is 9.47 Å². The summed E-state index contributed by atoms with van der Waals surface area (Å²) in [6.45, 7) is 7.60. The smallest absolute Gasteiger partial charge is 0.125 e. The lowest BCUT2D eigenvalue weighted by molar-refractivity contribution is -0.260. The highest BCUT2D eigenvalue weighted by Crippen LogP contribution is 2.63. The van der Waals surface area contributed by atoms with Gasteiger partial charge in [-0.25, -0.2) is 0 Å². The highest BCUT2D eigenvalue weighted by Gasteiger charge is 2.64. The standard InChI is InChI=1S/C18H24O3/c1-11-8-17(3)15-12(2)18(11,9-19)10-20-16(15)13-6-4-5-7-14(13)21-17/h4-7,11-12,15-16,19H,8-10H2,1-3H3/t11-,12+,15+,16+,17+,18-/m1/s1. The highest BCUT2D eigenvalue weighted by molar-refractivity contribution is 5.40. The van der Waals surface area contributed by atoms with Crippen molar-refractivity contribution in [2.75, 3.05) is 13.2 Å². The lowest BCUT2D eigenvalue weighted by Crippen LogP contribution is -2.65. The largest absolute Gasteiger partial charge is 0.487 e. The molecule has 3 aliphatic rings. The Morgan fingerprint density at radius 3 is 2.81 bits per heavy atom. The number of aliphatic hydroxyl groups is 1. The van der Waals surface area contributed by atoms with Gasteiger partial charge in [-0.3, -0.25) is 0 Å². The number of aliphatic hydroxyl groups excluding tert-OH is 1. The zero-order valence-electron chi connectivity index (χ0n) is 13.0. The van der Waals surface area contributed by atoms with Crippen molar-refractivity contribution in [2.24, 2.45) is 23.2 Å². The Morgan fingerprint density at radius 2 is 2.05 bits per heavy atom. The van der Waals surface area contributed by atoms with Gasteiger partial charge >= 0.3 is 0 Å². The van der Waals surface area contributed by atoms with Crippen molar-refractivity contribution >= 4 is 0 Å². The first-order valence-electron chi connectivity index (χ1n) is 8.02. The van der Waals surface area contributed by atoms with Gasteiger partial charge in [0, 0.05) is 16.9 Å². The van der Waals surface area contributed by atoms with E-state index in [1.54, 1.807) is 0 Å². The predicted octanol–water partition coefficient (Wildman–Crippen LogP) is 3.18. The van der Waals surface area contributed by atoms with Gasteiger partial charge in [0.05, 0.1) is 19.3 Å². The molecule has 3 heteroatoms. The van der Waals surface area contributed by atoms with E-state index in [1.165, 1.54) is 5.56 Å². The molecule has 1 N–H and O–H groups in total. The average Bonchev–Trinajstić information content (AvgIpc) is 2.46. The maximum atomic E-state index is 10.1. The summed E-state index contributed by atoms with van der Waals surface area (Å²) in [5.41, 5.74) is 0.862. The van der Waals surface area contributed by atoms with E-state index in [1.807, 2.05) is 6.07 Å². The summed E-state index contributed by atoms with van der Waals surface area (Å²) in [7, 11) is 0. The van der Waals surface area contributed by atoms with E-state index in [2.05, 4.69) is 39.0 Å². The molecule has 21 heavy (non-hydrogen) atoms. The van der Waals surface area contributed by atoms with E-state index < -0.39 is 0 Å². The number of para-hydroxylation sites is 1. The molecule has 2 heterocycles. The molecule has 1 saturated carbocycles. The zero-order chi connectivity index (χ0) is 14.8. The van der Waals surface area contributed by atoms with Crippen LogP contribution in [0, 0.1) is 23.2 Å². The molecule has 1 aromatic rings. The molecule has 0 unspecified atom stereocenters. The summed E-state index contributed by atoms with van der Waals surface area (Å²) in [5.74, 6) is 2.07. The minimum Gasteiger partial charge on any atom is -0.487 e. The van der Waals surface area contributed by atoms with Crippen LogP contribution in [-0.4, -0.2) is 23.9 Å². The van der Waals surface area contributed by atoms with Crippen molar-refractivity contribution in [3.05, 3.63) is 29.8 Å². The first-order chi connectivity index (χ1) is 10.0. The fourth-order valence-electron chi connectivity index (χ4n) is 5.29. The second-order valence-corrected chi connectivity index (χ2v) is 7.50. The summed E-state index contributed by atoms with van der Waals surface area (Å²) in [6.07, 6.45) is 1.08. The molecule has 0 amide bonds. The van der Waals surface area contributed by atoms with Crippen LogP contribution in [0.5, 0.6) is 5.75 Å². The molecule has 114 valence electrons. The van der Waals surface area contributed by atoms with Gasteiger partial charge in [0.1, 0.15) is 11.4 Å². The van der Waals surface area contributed by atoms with Gasteiger partial charge in [0.2, 0.25) is 0 Å². The maximum absolute atomic E-state index is 10.1. The Balaban J connectivity index is 1.87. The Kier molecular flexibility index (Phi) is 2.74. The van der Waals surface area contributed by atoms with Gasteiger partial charge in [-0.1, -0.05) is 32.0 Å². The molecule has 2 bridgehead atoms. The summed E-state index contributed by atoms with van der Waals surface area (Å²) in [6, 6.07) is 8.26. The minimum absolute atomic E-state index is 0.0992. The number of rotatable bonds is 1. The maximum Gasteiger partial charge on any atom is 0.125 e. The molecule has 1 saturated heterocycles. The van der Waals surface area contributed by atoms with E-state index in [0.717, 1.165) is 12.2 Å². The van der Waals surface area contributed by atoms with E-state index in [9.17, 15) is 5.11 Å². The van der Waals surface area contributed by atoms with Crippen molar-refractivity contribution in [1.29, 1.82) is 0 Å². The third kappa shape index (κ3) is 1.56. The second-order valence-electron chi connectivity index (χ2n) is 7.50. The monoisotopic (exact) mass is 288 g/mol. The van der Waals surface area contributed by atoms with Gasteiger partial charge in [0.15, 0.2) is 0 Å². The highest BCUT2D eigenvalue weighted by atomic mass is 16.5.